The largest absolute Gasteiger partial charge is 0.0678 e. The van der Waals surface area contributed by atoms with Crippen LogP contribution in [-0.4, -0.2) is 24.2 Å². The van der Waals surface area contributed by atoms with Crippen LogP contribution >= 0.6 is 0 Å². The van der Waals surface area contributed by atoms with E-state index in [0.717, 1.165) is 0 Å². The fourth-order valence-corrected chi connectivity index (χ4v) is 19.8. The van der Waals surface area contributed by atoms with E-state index in [4.69, 9.17) is 0 Å². The van der Waals surface area contributed by atoms with E-state index in [2.05, 4.69) is 129 Å². The van der Waals surface area contributed by atoms with Crippen LogP contribution < -0.4 is 0 Å². The molecule has 0 aliphatic heterocycles. The first kappa shape index (κ1) is 38.0. The summed E-state index contributed by atoms with van der Waals surface area (Å²) in [4.78, 5) is 0. The Hall–Kier alpha value is -2.21. The van der Waals surface area contributed by atoms with Gasteiger partial charge in [0.2, 0.25) is 0 Å². The first-order chi connectivity index (χ1) is 23.7. The second kappa shape index (κ2) is 16.4. The van der Waals surface area contributed by atoms with E-state index in [1.54, 1.807) is 32.8 Å². The average molecular weight is 705 g/mol. The van der Waals surface area contributed by atoms with Crippen LogP contribution in [0, 0.1) is 0 Å². The van der Waals surface area contributed by atoms with Crippen molar-refractivity contribution in [3.05, 3.63) is 83.4 Å². The van der Waals surface area contributed by atoms with Crippen molar-refractivity contribution in [2.24, 2.45) is 0 Å². The third-order valence-electron chi connectivity index (χ3n) is 14.8. The van der Waals surface area contributed by atoms with Crippen molar-refractivity contribution in [2.75, 3.05) is 0 Å². The van der Waals surface area contributed by atoms with Crippen LogP contribution in [0.15, 0.2) is 66.7 Å². The molecule has 0 bridgehead atoms. The maximum Gasteiger partial charge on any atom is 0.0530 e. The third-order valence-corrected chi connectivity index (χ3v) is 32.2. The molecule has 264 valence electrons. The predicted molar refractivity (Wildman–Crippen MR) is 234 cm³/mol. The molecule has 5 aromatic rings. The summed E-state index contributed by atoms with van der Waals surface area (Å²) in [6.07, 6.45) is 3.67. The minimum absolute atomic E-state index is 1.22. The summed E-state index contributed by atoms with van der Waals surface area (Å²) in [7, 11) is -3.82. The Balaban J connectivity index is 1.83. The second-order valence-corrected chi connectivity index (χ2v) is 32.7. The normalized spacial score (nSPS) is 13.0. The highest BCUT2D eigenvalue weighted by Crippen LogP contribution is 2.42. The molecule has 0 radical (unpaired) electrons. The summed E-state index contributed by atoms with van der Waals surface area (Å²) < 4.78 is 0. The quantitative estimate of drug-likeness (QED) is 0.0629. The molecule has 0 heterocycles. The molecule has 49 heavy (non-hydrogen) atoms. The lowest BCUT2D eigenvalue weighted by molar-refractivity contribution is 1.03. The van der Waals surface area contributed by atoms with Gasteiger partial charge in [-0.3, -0.25) is 0 Å². The van der Waals surface area contributed by atoms with Crippen molar-refractivity contribution < 1.29 is 0 Å². The number of rotatable bonds is 18. The number of benzene rings is 5. The van der Waals surface area contributed by atoms with Gasteiger partial charge in [0.1, 0.15) is 0 Å². The topological polar surface area (TPSA) is 0 Å². The number of hydrogen-bond acceptors (Lipinski definition) is 0. The van der Waals surface area contributed by atoms with E-state index in [0.29, 0.717) is 0 Å². The van der Waals surface area contributed by atoms with E-state index < -0.39 is 24.2 Å². The summed E-state index contributed by atoms with van der Waals surface area (Å²) in [6, 6.07) is 43.7. The van der Waals surface area contributed by atoms with Crippen LogP contribution in [-0.2, 0) is 19.3 Å². The molecule has 0 atom stereocenters. The number of hydrogen-bond donors (Lipinski definition) is 0. The van der Waals surface area contributed by atoms with Gasteiger partial charge in [0.15, 0.2) is 0 Å². The minimum atomic E-state index is -1.28. The number of aryl methyl sites for hydroxylation is 3. The average Bonchev–Trinajstić information content (AvgIpc) is 3.16. The zero-order valence-corrected chi connectivity index (χ0v) is 36.0. The summed E-state index contributed by atoms with van der Waals surface area (Å²) in [5.41, 5.74) is 4.90. The smallest absolute Gasteiger partial charge is 0.0530 e. The summed E-state index contributed by atoms with van der Waals surface area (Å²) in [5, 5.41) is 12.1. The highest BCUT2D eigenvalue weighted by atomic mass is 28.3. The minimum Gasteiger partial charge on any atom is -0.0678 e. The van der Waals surface area contributed by atoms with Gasteiger partial charge in [-0.05, 0) is 97.2 Å². The third kappa shape index (κ3) is 7.42. The molecule has 0 saturated carbocycles. The number of fused-ring (bicyclic) bond motifs is 4. The molecule has 0 spiro atoms. The Morgan fingerprint density at radius 1 is 0.327 bits per heavy atom. The van der Waals surface area contributed by atoms with Gasteiger partial charge < -0.3 is 0 Å². The monoisotopic (exact) mass is 704 g/mol. The van der Waals surface area contributed by atoms with Crippen molar-refractivity contribution in [2.45, 2.75) is 154 Å². The molecule has 0 aliphatic carbocycles. The van der Waals surface area contributed by atoms with Crippen molar-refractivity contribution in [1.82, 2.24) is 0 Å². The second-order valence-electron chi connectivity index (χ2n) is 15.9. The van der Waals surface area contributed by atoms with Crippen LogP contribution in [0.25, 0.3) is 43.1 Å². The van der Waals surface area contributed by atoms with Gasteiger partial charge in [0, 0.05) is 0 Å². The van der Waals surface area contributed by atoms with Crippen LogP contribution in [0.1, 0.15) is 79.0 Å². The highest BCUT2D eigenvalue weighted by Gasteiger charge is 2.30. The van der Waals surface area contributed by atoms with Crippen LogP contribution in [0.2, 0.25) is 72.5 Å². The van der Waals surface area contributed by atoms with Gasteiger partial charge in [-0.25, -0.2) is 0 Å². The van der Waals surface area contributed by atoms with Crippen molar-refractivity contribution >= 4 is 67.3 Å². The molecule has 3 heteroatoms. The lowest BCUT2D eigenvalue weighted by atomic mass is 9.86. The molecule has 0 aliphatic rings. The molecule has 5 rings (SSSR count). The Bertz CT molecular complexity index is 1830. The summed E-state index contributed by atoms with van der Waals surface area (Å²) in [5.74, 6) is 0. The van der Waals surface area contributed by atoms with Gasteiger partial charge in [-0.2, -0.15) is 0 Å². The molecule has 5 aromatic carbocycles. The highest BCUT2D eigenvalue weighted by molar-refractivity contribution is 6.80. The zero-order valence-electron chi connectivity index (χ0n) is 33.0. The molecule has 0 aromatic heterocycles. The van der Waals surface area contributed by atoms with Gasteiger partial charge in [0.25, 0.3) is 0 Å². The molecule has 0 unspecified atom stereocenters. The maximum absolute atomic E-state index is 2.72. The van der Waals surface area contributed by atoms with Gasteiger partial charge in [-0.15, -0.1) is 0 Å². The maximum atomic E-state index is 2.72. The SMILES string of the molecule is CC[Si](CC)(CC)CCc1c2ccccc2cc2cc3c(CC[Si](CC)(CC)CC)c4ccccc4c(CC[Si](CC)(CC)CC)c3cc12. The molecular formula is C46H68Si3. The Kier molecular flexibility index (Phi) is 12.7. The molecule has 0 amide bonds. The van der Waals surface area contributed by atoms with Gasteiger partial charge in [-0.1, -0.05) is 183 Å². The van der Waals surface area contributed by atoms with Crippen molar-refractivity contribution in [3.8, 4) is 0 Å². The molecule has 0 saturated heterocycles. The molecule has 0 N–H and O–H groups in total. The van der Waals surface area contributed by atoms with Gasteiger partial charge >= 0.3 is 0 Å². The first-order valence-corrected chi connectivity index (χ1v) is 29.0. The lowest BCUT2D eigenvalue weighted by Gasteiger charge is -2.30. The Morgan fingerprint density at radius 2 is 0.673 bits per heavy atom. The van der Waals surface area contributed by atoms with E-state index in [9.17, 15) is 0 Å². The zero-order chi connectivity index (χ0) is 35.2. The van der Waals surface area contributed by atoms with Crippen LogP contribution in [0.5, 0.6) is 0 Å². The van der Waals surface area contributed by atoms with Gasteiger partial charge in [0.05, 0.1) is 24.2 Å². The standard InChI is InChI=1S/C46H68Si3/c1-10-47(11-2,12-3)30-27-41-38-24-20-19-23-36(38)33-37-34-45-42(28-31-48(13-4,14-5)15-6)39-25-21-22-26-40(39)43(46(45)35-44(37)41)29-32-49(16-7,17-8)18-9/h19-26,33-35H,10-18,27-32H2,1-9H3. The van der Waals surface area contributed by atoms with E-state index >= 15 is 0 Å². The predicted octanol–water partition coefficient (Wildman–Crippen LogP) is 15.5. The van der Waals surface area contributed by atoms with E-state index in [1.165, 1.54) is 119 Å². The fourth-order valence-electron chi connectivity index (χ4n) is 9.83. The molecule has 0 fully saturated rings. The lowest BCUT2D eigenvalue weighted by Crippen LogP contribution is -2.32. The van der Waals surface area contributed by atoms with Crippen LogP contribution in [0.3, 0.4) is 0 Å². The van der Waals surface area contributed by atoms with Crippen LogP contribution in [0.4, 0.5) is 0 Å². The summed E-state index contributed by atoms with van der Waals surface area (Å²) >= 11 is 0. The molecule has 0 nitrogen and oxygen atoms in total. The van der Waals surface area contributed by atoms with Crippen molar-refractivity contribution in [1.29, 1.82) is 0 Å². The van der Waals surface area contributed by atoms with E-state index in [-0.39, 0.29) is 0 Å². The Labute approximate surface area is 303 Å². The van der Waals surface area contributed by atoms with E-state index in [1.807, 2.05) is 0 Å². The first-order valence-electron chi connectivity index (χ1n) is 20.6. The Morgan fingerprint density at radius 3 is 1.08 bits per heavy atom. The van der Waals surface area contributed by atoms with Crippen molar-refractivity contribution in [3.63, 3.8) is 0 Å². The fraction of sp³-hybridized carbons (Fsp3) is 0.522. The molecular weight excluding hydrogens is 637 g/mol. The summed E-state index contributed by atoms with van der Waals surface area (Å²) in [6.45, 7) is 22.3.